The first-order valence-corrected chi connectivity index (χ1v) is 6.04. The SMILES string of the molecule is Nc1cc(C(F)(F)F)cc(OCC2CCCCO2)n1. The summed E-state index contributed by atoms with van der Waals surface area (Å²) in [5.74, 6) is -0.337. The van der Waals surface area contributed by atoms with Crippen molar-refractivity contribution in [1.82, 2.24) is 4.98 Å². The van der Waals surface area contributed by atoms with Crippen LogP contribution in [0, 0.1) is 0 Å². The summed E-state index contributed by atoms with van der Waals surface area (Å²) in [5.41, 5.74) is 4.48. The van der Waals surface area contributed by atoms with Crippen LogP contribution < -0.4 is 10.5 Å². The average Bonchev–Trinajstić information content (AvgIpc) is 2.36. The minimum absolute atomic E-state index is 0.0914. The number of ether oxygens (including phenoxy) is 2. The molecule has 0 aromatic carbocycles. The third-order valence-electron chi connectivity index (χ3n) is 2.84. The van der Waals surface area contributed by atoms with E-state index in [-0.39, 0.29) is 24.4 Å². The van der Waals surface area contributed by atoms with Gasteiger partial charge in [-0.3, -0.25) is 0 Å². The van der Waals surface area contributed by atoms with Gasteiger partial charge in [-0.1, -0.05) is 0 Å². The van der Waals surface area contributed by atoms with Gasteiger partial charge in [0.05, 0.1) is 11.7 Å². The summed E-state index contributed by atoms with van der Waals surface area (Å²) in [6.07, 6.45) is -1.67. The summed E-state index contributed by atoms with van der Waals surface area (Å²) >= 11 is 0. The van der Waals surface area contributed by atoms with Crippen LogP contribution in [0.3, 0.4) is 0 Å². The number of anilines is 1. The number of aromatic nitrogens is 1. The maximum Gasteiger partial charge on any atom is 0.416 e. The molecule has 1 aromatic rings. The molecule has 7 heteroatoms. The van der Waals surface area contributed by atoms with Crippen molar-refractivity contribution in [2.24, 2.45) is 0 Å². The molecular weight excluding hydrogens is 261 g/mol. The molecule has 4 nitrogen and oxygen atoms in total. The summed E-state index contributed by atoms with van der Waals surface area (Å²) in [7, 11) is 0. The summed E-state index contributed by atoms with van der Waals surface area (Å²) < 4.78 is 48.4. The molecule has 1 fully saturated rings. The van der Waals surface area contributed by atoms with E-state index in [0.29, 0.717) is 6.61 Å². The number of pyridine rings is 1. The number of alkyl halides is 3. The molecule has 1 unspecified atom stereocenters. The molecule has 19 heavy (non-hydrogen) atoms. The van der Waals surface area contributed by atoms with Crippen LogP contribution in [0.4, 0.5) is 19.0 Å². The van der Waals surface area contributed by atoms with Gasteiger partial charge in [-0.05, 0) is 25.3 Å². The fraction of sp³-hybridized carbons (Fsp3) is 0.583. The van der Waals surface area contributed by atoms with Crippen LogP contribution in [0.2, 0.25) is 0 Å². The average molecular weight is 276 g/mol. The summed E-state index contributed by atoms with van der Waals surface area (Å²) in [5, 5.41) is 0. The normalized spacial score (nSPS) is 20.3. The lowest BCUT2D eigenvalue weighted by molar-refractivity contribution is -0.137. The Morgan fingerprint density at radius 3 is 2.79 bits per heavy atom. The molecule has 1 aromatic heterocycles. The van der Waals surface area contributed by atoms with Crippen molar-refractivity contribution in [2.75, 3.05) is 18.9 Å². The minimum atomic E-state index is -4.46. The van der Waals surface area contributed by atoms with Gasteiger partial charge in [-0.25, -0.2) is 0 Å². The zero-order chi connectivity index (χ0) is 13.9. The third kappa shape index (κ3) is 3.99. The van der Waals surface area contributed by atoms with E-state index in [9.17, 15) is 13.2 Å². The fourth-order valence-corrected chi connectivity index (χ4v) is 1.88. The molecule has 0 saturated carbocycles. The molecule has 1 atom stereocenters. The first-order chi connectivity index (χ1) is 8.95. The second kappa shape index (κ2) is 5.64. The highest BCUT2D eigenvalue weighted by Crippen LogP contribution is 2.32. The molecule has 106 valence electrons. The first kappa shape index (κ1) is 13.9. The van der Waals surface area contributed by atoms with Crippen molar-refractivity contribution in [3.8, 4) is 5.88 Å². The number of nitrogens with zero attached hydrogens (tertiary/aromatic N) is 1. The quantitative estimate of drug-likeness (QED) is 0.922. The topological polar surface area (TPSA) is 57.4 Å². The zero-order valence-corrected chi connectivity index (χ0v) is 10.2. The molecule has 1 aliphatic heterocycles. The van der Waals surface area contributed by atoms with Crippen LogP contribution in [0.25, 0.3) is 0 Å². The molecule has 2 N–H and O–H groups in total. The van der Waals surface area contributed by atoms with E-state index in [2.05, 4.69) is 4.98 Å². The van der Waals surface area contributed by atoms with Crippen LogP contribution in [0.15, 0.2) is 12.1 Å². The monoisotopic (exact) mass is 276 g/mol. The second-order valence-corrected chi connectivity index (χ2v) is 4.42. The maximum atomic E-state index is 12.6. The Kier molecular flexibility index (Phi) is 4.14. The predicted octanol–water partition coefficient (Wildman–Crippen LogP) is 2.63. The van der Waals surface area contributed by atoms with E-state index in [0.717, 1.165) is 31.4 Å². The lowest BCUT2D eigenvalue weighted by Crippen LogP contribution is -2.26. The van der Waals surface area contributed by atoms with Gasteiger partial charge in [0.2, 0.25) is 5.88 Å². The highest BCUT2D eigenvalue weighted by molar-refractivity contribution is 5.38. The number of nitrogen functional groups attached to an aromatic ring is 1. The van der Waals surface area contributed by atoms with Crippen molar-refractivity contribution in [3.63, 3.8) is 0 Å². The summed E-state index contributed by atoms with van der Waals surface area (Å²) in [6, 6.07) is 1.63. The Morgan fingerprint density at radius 1 is 1.37 bits per heavy atom. The number of hydrogen-bond donors (Lipinski definition) is 1. The van der Waals surface area contributed by atoms with Gasteiger partial charge in [0.15, 0.2) is 0 Å². The molecule has 0 aliphatic carbocycles. The highest BCUT2D eigenvalue weighted by Gasteiger charge is 2.31. The van der Waals surface area contributed by atoms with Gasteiger partial charge < -0.3 is 15.2 Å². The van der Waals surface area contributed by atoms with Crippen molar-refractivity contribution in [3.05, 3.63) is 17.7 Å². The molecule has 0 spiro atoms. The largest absolute Gasteiger partial charge is 0.475 e. The van der Waals surface area contributed by atoms with Crippen molar-refractivity contribution in [2.45, 2.75) is 31.5 Å². The Balaban J connectivity index is 2.01. The zero-order valence-electron chi connectivity index (χ0n) is 10.2. The van der Waals surface area contributed by atoms with Gasteiger partial charge in [0, 0.05) is 12.7 Å². The molecule has 1 saturated heterocycles. The Bertz CT molecular complexity index is 431. The lowest BCUT2D eigenvalue weighted by Gasteiger charge is -2.22. The van der Waals surface area contributed by atoms with Crippen LogP contribution in [0.5, 0.6) is 5.88 Å². The van der Waals surface area contributed by atoms with Gasteiger partial charge in [-0.15, -0.1) is 0 Å². The smallest absolute Gasteiger partial charge is 0.416 e. The second-order valence-electron chi connectivity index (χ2n) is 4.42. The minimum Gasteiger partial charge on any atom is -0.475 e. The fourth-order valence-electron chi connectivity index (χ4n) is 1.88. The number of halogens is 3. The Morgan fingerprint density at radius 2 is 2.16 bits per heavy atom. The number of rotatable bonds is 3. The van der Waals surface area contributed by atoms with Crippen LogP contribution in [-0.2, 0) is 10.9 Å². The maximum absolute atomic E-state index is 12.6. The third-order valence-corrected chi connectivity index (χ3v) is 2.84. The number of hydrogen-bond acceptors (Lipinski definition) is 4. The van der Waals surface area contributed by atoms with E-state index in [4.69, 9.17) is 15.2 Å². The molecule has 1 aliphatic rings. The number of nitrogens with two attached hydrogens (primary N) is 1. The lowest BCUT2D eigenvalue weighted by atomic mass is 10.1. The first-order valence-electron chi connectivity index (χ1n) is 6.04. The van der Waals surface area contributed by atoms with Crippen LogP contribution in [0.1, 0.15) is 24.8 Å². The summed E-state index contributed by atoms with van der Waals surface area (Å²) in [6.45, 7) is 0.847. The van der Waals surface area contributed by atoms with Crippen molar-refractivity contribution >= 4 is 5.82 Å². The van der Waals surface area contributed by atoms with E-state index >= 15 is 0 Å². The van der Waals surface area contributed by atoms with Gasteiger partial charge in [0.25, 0.3) is 0 Å². The van der Waals surface area contributed by atoms with Crippen LogP contribution >= 0.6 is 0 Å². The van der Waals surface area contributed by atoms with E-state index < -0.39 is 11.7 Å². The Hall–Kier alpha value is -1.50. The van der Waals surface area contributed by atoms with E-state index in [1.807, 2.05) is 0 Å². The molecule has 0 amide bonds. The van der Waals surface area contributed by atoms with Gasteiger partial charge in [-0.2, -0.15) is 18.2 Å². The van der Waals surface area contributed by atoms with Crippen molar-refractivity contribution < 1.29 is 22.6 Å². The molecule has 2 rings (SSSR count). The Labute approximate surface area is 108 Å². The predicted molar refractivity (Wildman–Crippen MR) is 62.7 cm³/mol. The molecular formula is C12H15F3N2O2. The van der Waals surface area contributed by atoms with Gasteiger partial charge in [0.1, 0.15) is 12.4 Å². The molecule has 0 radical (unpaired) electrons. The molecule has 0 bridgehead atoms. The molecule has 2 heterocycles. The van der Waals surface area contributed by atoms with Crippen LogP contribution in [-0.4, -0.2) is 24.3 Å². The summed E-state index contributed by atoms with van der Waals surface area (Å²) in [4.78, 5) is 3.73. The highest BCUT2D eigenvalue weighted by atomic mass is 19.4. The van der Waals surface area contributed by atoms with E-state index in [1.165, 1.54) is 0 Å². The van der Waals surface area contributed by atoms with Crippen molar-refractivity contribution in [1.29, 1.82) is 0 Å². The standard InChI is InChI=1S/C12H15F3N2O2/c13-12(14,15)8-5-10(16)17-11(6-8)19-7-9-3-1-2-4-18-9/h5-6,9H,1-4,7H2,(H2,16,17). The van der Waals surface area contributed by atoms with E-state index in [1.54, 1.807) is 0 Å². The van der Waals surface area contributed by atoms with Gasteiger partial charge >= 0.3 is 6.18 Å².